The molecule has 132 valence electrons. The van der Waals surface area contributed by atoms with Crippen molar-refractivity contribution in [2.75, 3.05) is 0 Å². The van der Waals surface area contributed by atoms with E-state index >= 15 is 0 Å². The van der Waals surface area contributed by atoms with E-state index in [1.165, 1.54) is 0 Å². The molecule has 0 aliphatic rings. The van der Waals surface area contributed by atoms with Gasteiger partial charge in [-0.3, -0.25) is 0 Å². The fraction of sp³-hybridized carbons (Fsp3) is 0.500. The van der Waals surface area contributed by atoms with Crippen LogP contribution < -0.4 is 0 Å². The Labute approximate surface area is 144 Å². The van der Waals surface area contributed by atoms with E-state index in [4.69, 9.17) is 9.47 Å². The molecule has 2 atom stereocenters. The van der Waals surface area contributed by atoms with Crippen LogP contribution >= 0.6 is 0 Å². The van der Waals surface area contributed by atoms with E-state index in [2.05, 4.69) is 6.92 Å². The third-order valence-electron chi connectivity index (χ3n) is 3.69. The molecule has 0 fully saturated rings. The van der Waals surface area contributed by atoms with Gasteiger partial charge >= 0.3 is 11.9 Å². The quantitative estimate of drug-likeness (QED) is 0.352. The molecule has 0 aromatic heterocycles. The van der Waals surface area contributed by atoms with Gasteiger partial charge in [0.05, 0.1) is 6.10 Å². The summed E-state index contributed by atoms with van der Waals surface area (Å²) in [4.78, 5) is 23.6. The molecule has 24 heavy (non-hydrogen) atoms. The van der Waals surface area contributed by atoms with Gasteiger partial charge < -0.3 is 9.47 Å². The van der Waals surface area contributed by atoms with Crippen LogP contribution in [0.2, 0.25) is 0 Å². The van der Waals surface area contributed by atoms with Gasteiger partial charge in [0.15, 0.2) is 0 Å². The van der Waals surface area contributed by atoms with E-state index in [1.807, 2.05) is 44.2 Å². The van der Waals surface area contributed by atoms with Gasteiger partial charge in [-0.2, -0.15) is 0 Å². The fourth-order valence-electron chi connectivity index (χ4n) is 2.35. The highest BCUT2D eigenvalue weighted by molar-refractivity contribution is 5.91. The Hall–Kier alpha value is -2.10. The zero-order valence-corrected chi connectivity index (χ0v) is 14.9. The maximum Gasteiger partial charge on any atom is 0.331 e. The number of ether oxygens (including phenoxy) is 2. The molecule has 4 nitrogen and oxygen atoms in total. The number of carbonyl (C=O) groups is 2. The zero-order valence-electron chi connectivity index (χ0n) is 14.9. The smallest absolute Gasteiger partial charge is 0.331 e. The van der Waals surface area contributed by atoms with Crippen LogP contribution in [0.15, 0.2) is 42.5 Å². The summed E-state index contributed by atoms with van der Waals surface area (Å²) in [5, 5.41) is 0. The van der Waals surface area contributed by atoms with Crippen LogP contribution in [-0.2, 0) is 19.1 Å². The summed E-state index contributed by atoms with van der Waals surface area (Å²) in [6, 6.07) is 9.54. The van der Waals surface area contributed by atoms with Crippen molar-refractivity contribution in [3.63, 3.8) is 0 Å². The van der Waals surface area contributed by atoms with E-state index in [1.54, 1.807) is 0 Å². The molecule has 1 aromatic rings. The van der Waals surface area contributed by atoms with Crippen LogP contribution in [0.1, 0.15) is 64.5 Å². The number of esters is 2. The highest BCUT2D eigenvalue weighted by Gasteiger charge is 2.13. The van der Waals surface area contributed by atoms with Gasteiger partial charge in [-0.25, -0.2) is 9.59 Å². The molecule has 0 bridgehead atoms. The third-order valence-corrected chi connectivity index (χ3v) is 3.69. The average Bonchev–Trinajstić information content (AvgIpc) is 2.59. The Morgan fingerprint density at radius 3 is 2.21 bits per heavy atom. The molecule has 0 saturated carbocycles. The van der Waals surface area contributed by atoms with E-state index in [-0.39, 0.29) is 12.2 Å². The number of benzene rings is 1. The molecule has 0 aliphatic carbocycles. The van der Waals surface area contributed by atoms with E-state index in [9.17, 15) is 9.59 Å². The van der Waals surface area contributed by atoms with Gasteiger partial charge in [-0.1, -0.05) is 57.0 Å². The normalized spacial score (nSPS) is 13.5. The van der Waals surface area contributed by atoms with E-state index in [0.717, 1.165) is 43.4 Å². The second kappa shape index (κ2) is 11.4. The van der Waals surface area contributed by atoms with E-state index < -0.39 is 11.9 Å². The SMILES string of the molecule is CCCCCC(C)OC(=O)/C=C/C(=O)OC(CC)c1ccccc1. The van der Waals surface area contributed by atoms with Crippen molar-refractivity contribution >= 4 is 11.9 Å². The Balaban J connectivity index is 2.42. The Bertz CT molecular complexity index is 522. The molecule has 1 rings (SSSR count). The average molecular weight is 332 g/mol. The highest BCUT2D eigenvalue weighted by atomic mass is 16.5. The maximum atomic E-state index is 11.9. The standard InChI is InChI=1S/C20H28O4/c1-4-6-8-11-16(3)23-19(21)14-15-20(22)24-18(5-2)17-12-9-7-10-13-17/h7,9-10,12-16,18H,4-6,8,11H2,1-3H3/b15-14+. The molecule has 0 saturated heterocycles. The van der Waals surface area contributed by atoms with Gasteiger partial charge in [-0.15, -0.1) is 0 Å². The van der Waals surface area contributed by atoms with Crippen LogP contribution in [0, 0.1) is 0 Å². The molecule has 0 heterocycles. The molecule has 2 unspecified atom stereocenters. The van der Waals surface area contributed by atoms with Gasteiger partial charge in [0, 0.05) is 12.2 Å². The first-order valence-electron chi connectivity index (χ1n) is 8.71. The van der Waals surface area contributed by atoms with Crippen LogP contribution in [0.25, 0.3) is 0 Å². The molecule has 0 radical (unpaired) electrons. The Kier molecular flexibility index (Phi) is 9.51. The maximum absolute atomic E-state index is 11.9. The molecule has 4 heteroatoms. The molecule has 0 amide bonds. The lowest BCUT2D eigenvalue weighted by Gasteiger charge is -2.15. The lowest BCUT2D eigenvalue weighted by molar-refractivity contribution is -0.145. The monoisotopic (exact) mass is 332 g/mol. The van der Waals surface area contributed by atoms with Crippen LogP contribution in [0.3, 0.4) is 0 Å². The van der Waals surface area contributed by atoms with E-state index in [0.29, 0.717) is 6.42 Å². The number of hydrogen-bond donors (Lipinski definition) is 0. The van der Waals surface area contributed by atoms with Crippen molar-refractivity contribution in [1.82, 2.24) is 0 Å². The first kappa shape index (κ1) is 19.9. The first-order chi connectivity index (χ1) is 11.6. The Morgan fingerprint density at radius 2 is 1.62 bits per heavy atom. The number of carbonyl (C=O) groups excluding carboxylic acids is 2. The second-order valence-corrected chi connectivity index (χ2v) is 5.82. The minimum atomic E-state index is -0.540. The third kappa shape index (κ3) is 7.95. The van der Waals surface area contributed by atoms with Gasteiger partial charge in [0.25, 0.3) is 0 Å². The van der Waals surface area contributed by atoms with Crippen molar-refractivity contribution in [2.24, 2.45) is 0 Å². The summed E-state index contributed by atoms with van der Waals surface area (Å²) in [7, 11) is 0. The van der Waals surface area contributed by atoms with Gasteiger partial charge in [0.2, 0.25) is 0 Å². The molecule has 1 aromatic carbocycles. The second-order valence-electron chi connectivity index (χ2n) is 5.82. The minimum Gasteiger partial charge on any atom is -0.460 e. The summed E-state index contributed by atoms with van der Waals surface area (Å²) >= 11 is 0. The lowest BCUT2D eigenvalue weighted by Crippen LogP contribution is -2.14. The van der Waals surface area contributed by atoms with Crippen molar-refractivity contribution in [1.29, 1.82) is 0 Å². The highest BCUT2D eigenvalue weighted by Crippen LogP contribution is 2.20. The number of hydrogen-bond acceptors (Lipinski definition) is 4. The fourth-order valence-corrected chi connectivity index (χ4v) is 2.35. The summed E-state index contributed by atoms with van der Waals surface area (Å²) in [5.41, 5.74) is 0.939. The van der Waals surface area contributed by atoms with Crippen LogP contribution in [0.4, 0.5) is 0 Å². The Morgan fingerprint density at radius 1 is 1.00 bits per heavy atom. The summed E-state index contributed by atoms with van der Waals surface area (Å²) in [6.45, 7) is 5.94. The van der Waals surface area contributed by atoms with Crippen molar-refractivity contribution in [3.05, 3.63) is 48.0 Å². The predicted octanol–water partition coefficient (Wildman–Crippen LogP) is 4.75. The van der Waals surface area contributed by atoms with Crippen molar-refractivity contribution in [3.8, 4) is 0 Å². The van der Waals surface area contributed by atoms with Crippen LogP contribution in [-0.4, -0.2) is 18.0 Å². The summed E-state index contributed by atoms with van der Waals surface area (Å²) < 4.78 is 10.6. The number of unbranched alkanes of at least 4 members (excludes halogenated alkanes) is 2. The number of rotatable bonds is 10. The largest absolute Gasteiger partial charge is 0.460 e. The predicted molar refractivity (Wildman–Crippen MR) is 94.4 cm³/mol. The van der Waals surface area contributed by atoms with Crippen molar-refractivity contribution < 1.29 is 19.1 Å². The molecule has 0 N–H and O–H groups in total. The first-order valence-corrected chi connectivity index (χ1v) is 8.71. The lowest BCUT2D eigenvalue weighted by atomic mass is 10.1. The summed E-state index contributed by atoms with van der Waals surface area (Å²) in [5.74, 6) is -1.05. The van der Waals surface area contributed by atoms with Crippen molar-refractivity contribution in [2.45, 2.75) is 65.1 Å². The van der Waals surface area contributed by atoms with Crippen LogP contribution in [0.5, 0.6) is 0 Å². The molecular formula is C20H28O4. The van der Waals surface area contributed by atoms with Gasteiger partial charge in [0.1, 0.15) is 6.10 Å². The molecule has 0 aliphatic heterocycles. The summed E-state index contributed by atoms with van der Waals surface area (Å²) in [6.07, 6.45) is 6.61. The topological polar surface area (TPSA) is 52.6 Å². The van der Waals surface area contributed by atoms with Gasteiger partial charge in [-0.05, 0) is 31.7 Å². The molecular weight excluding hydrogens is 304 g/mol. The zero-order chi connectivity index (χ0) is 17.8. The minimum absolute atomic E-state index is 0.141. The molecule has 0 spiro atoms.